The van der Waals surface area contributed by atoms with Gasteiger partial charge < -0.3 is 9.67 Å². The molecule has 2 aromatic rings. The number of carbonyl (C=O) groups is 1. The second kappa shape index (κ2) is 5.85. The van der Waals surface area contributed by atoms with Crippen LogP contribution in [-0.4, -0.2) is 35.6 Å². The Labute approximate surface area is 117 Å². The van der Waals surface area contributed by atoms with Gasteiger partial charge in [-0.2, -0.15) is 0 Å². The van der Waals surface area contributed by atoms with E-state index in [1.165, 1.54) is 0 Å². The van der Waals surface area contributed by atoms with Gasteiger partial charge in [-0.3, -0.25) is 0 Å². The van der Waals surface area contributed by atoms with Crippen molar-refractivity contribution >= 4 is 5.97 Å². The monoisotopic (exact) mass is 277 g/mol. The number of hydrogen-bond acceptors (Lipinski definition) is 4. The van der Waals surface area contributed by atoms with Crippen molar-refractivity contribution in [1.82, 2.24) is 24.5 Å². The Balaban J connectivity index is 2.43. The smallest absolute Gasteiger partial charge is 0.358 e. The molecule has 0 aliphatic heterocycles. The summed E-state index contributed by atoms with van der Waals surface area (Å²) < 4.78 is 3.44. The molecule has 1 atom stereocenters. The van der Waals surface area contributed by atoms with Gasteiger partial charge in [0.25, 0.3) is 0 Å². The predicted octanol–water partition coefficient (Wildman–Crippen LogP) is 1.81. The van der Waals surface area contributed by atoms with Crippen molar-refractivity contribution in [3.8, 4) is 11.4 Å². The van der Waals surface area contributed by atoms with Crippen LogP contribution in [0.1, 0.15) is 37.2 Å². The molecule has 0 bridgehead atoms. The second-order valence-corrected chi connectivity index (χ2v) is 5.06. The van der Waals surface area contributed by atoms with E-state index in [1.54, 1.807) is 21.8 Å². The van der Waals surface area contributed by atoms with Crippen LogP contribution in [0.5, 0.6) is 0 Å². The van der Waals surface area contributed by atoms with Crippen molar-refractivity contribution in [2.24, 2.45) is 13.0 Å². The highest BCUT2D eigenvalue weighted by Gasteiger charge is 2.23. The highest BCUT2D eigenvalue weighted by Crippen LogP contribution is 2.23. The van der Waals surface area contributed by atoms with Crippen LogP contribution in [-0.2, 0) is 13.6 Å². The van der Waals surface area contributed by atoms with Crippen molar-refractivity contribution in [3.63, 3.8) is 0 Å². The molecule has 0 amide bonds. The normalized spacial score (nSPS) is 12.6. The third-order valence-corrected chi connectivity index (χ3v) is 3.26. The molecule has 0 radical (unpaired) electrons. The van der Waals surface area contributed by atoms with Gasteiger partial charge in [-0.05, 0) is 12.3 Å². The summed E-state index contributed by atoms with van der Waals surface area (Å²) in [6.07, 6.45) is 5.41. The van der Waals surface area contributed by atoms with Gasteiger partial charge in [0, 0.05) is 13.6 Å². The molecule has 0 spiro atoms. The zero-order valence-electron chi connectivity index (χ0n) is 11.9. The molecule has 20 heavy (non-hydrogen) atoms. The Morgan fingerprint density at radius 2 is 2.25 bits per heavy atom. The lowest BCUT2D eigenvalue weighted by molar-refractivity contribution is 0.0691. The lowest BCUT2D eigenvalue weighted by Gasteiger charge is -2.12. The molecule has 0 aromatic carbocycles. The largest absolute Gasteiger partial charge is 0.476 e. The number of aromatic carboxylic acids is 1. The fraction of sp³-hybridized carbons (Fsp3) is 0.538. The quantitative estimate of drug-likeness (QED) is 0.870. The van der Waals surface area contributed by atoms with Gasteiger partial charge in [-0.25, -0.2) is 14.5 Å². The van der Waals surface area contributed by atoms with E-state index in [2.05, 4.69) is 29.1 Å². The van der Waals surface area contributed by atoms with Crippen LogP contribution in [0.15, 0.2) is 12.5 Å². The number of nitrogens with zero attached hydrogens (tertiary/aromatic N) is 5. The van der Waals surface area contributed by atoms with Crippen molar-refractivity contribution in [2.75, 3.05) is 0 Å². The van der Waals surface area contributed by atoms with E-state index in [4.69, 9.17) is 0 Å². The molecule has 1 N–H and O–H groups in total. The maximum Gasteiger partial charge on any atom is 0.358 e. The first-order chi connectivity index (χ1) is 9.54. The minimum Gasteiger partial charge on any atom is -0.476 e. The summed E-state index contributed by atoms with van der Waals surface area (Å²) in [6, 6.07) is 0. The molecule has 7 nitrogen and oxygen atoms in total. The fourth-order valence-corrected chi connectivity index (χ4v) is 2.30. The van der Waals surface area contributed by atoms with Crippen LogP contribution >= 0.6 is 0 Å². The summed E-state index contributed by atoms with van der Waals surface area (Å²) >= 11 is 0. The minimum absolute atomic E-state index is 0.0303. The number of hydrogen-bond donors (Lipinski definition) is 1. The third-order valence-electron chi connectivity index (χ3n) is 3.26. The molecular formula is C13H19N5O2. The molecule has 2 heterocycles. The van der Waals surface area contributed by atoms with Crippen molar-refractivity contribution in [1.29, 1.82) is 0 Å². The molecule has 0 fully saturated rings. The second-order valence-electron chi connectivity index (χ2n) is 5.06. The standard InChI is InChI=1S/C13H19N5O2/c1-4-5-9(2)7-18-12(10-6-14-8-17(10)3)11(13(19)20)15-16-18/h6,8-9H,4-5,7H2,1-3H3,(H,19,20). The van der Waals surface area contributed by atoms with Crippen LogP contribution < -0.4 is 0 Å². The lowest BCUT2D eigenvalue weighted by Crippen LogP contribution is -2.12. The molecule has 2 rings (SSSR count). The van der Waals surface area contributed by atoms with Crippen LogP contribution in [0, 0.1) is 5.92 Å². The first kappa shape index (κ1) is 14.2. The maximum atomic E-state index is 11.3. The number of aromatic nitrogens is 5. The third kappa shape index (κ3) is 2.71. The molecule has 0 aliphatic carbocycles. The summed E-state index contributed by atoms with van der Waals surface area (Å²) in [5.74, 6) is -0.661. The van der Waals surface area contributed by atoms with Crippen LogP contribution in [0.3, 0.4) is 0 Å². The van der Waals surface area contributed by atoms with Gasteiger partial charge >= 0.3 is 5.97 Å². The van der Waals surface area contributed by atoms with Crippen molar-refractivity contribution < 1.29 is 9.90 Å². The topological polar surface area (TPSA) is 85.8 Å². The summed E-state index contributed by atoms with van der Waals surface area (Å²) in [5.41, 5.74) is 1.19. The van der Waals surface area contributed by atoms with E-state index in [9.17, 15) is 9.90 Å². The molecule has 0 aliphatic rings. The SMILES string of the molecule is CCCC(C)Cn1nnc(C(=O)O)c1-c1cncn1C. The Kier molecular flexibility index (Phi) is 4.16. The summed E-state index contributed by atoms with van der Waals surface area (Å²) in [6.45, 7) is 4.90. The zero-order chi connectivity index (χ0) is 14.7. The van der Waals surface area contributed by atoms with Gasteiger partial charge in [0.15, 0.2) is 5.69 Å². The van der Waals surface area contributed by atoms with Gasteiger partial charge in [0.05, 0.1) is 18.2 Å². The lowest BCUT2D eigenvalue weighted by atomic mass is 10.1. The number of imidazole rings is 1. The summed E-state index contributed by atoms with van der Waals surface area (Å²) in [5, 5.41) is 17.1. The number of carboxylic acid groups (broad SMARTS) is 1. The number of carboxylic acids is 1. The van der Waals surface area contributed by atoms with Gasteiger partial charge in [0.2, 0.25) is 0 Å². The first-order valence-corrected chi connectivity index (χ1v) is 6.68. The molecule has 0 saturated heterocycles. The molecule has 108 valence electrons. The molecule has 0 saturated carbocycles. The molecule has 2 aromatic heterocycles. The van der Waals surface area contributed by atoms with E-state index in [-0.39, 0.29) is 5.69 Å². The zero-order valence-corrected chi connectivity index (χ0v) is 11.9. The minimum atomic E-state index is -1.07. The van der Waals surface area contributed by atoms with Gasteiger partial charge in [-0.1, -0.05) is 25.5 Å². The fourth-order valence-electron chi connectivity index (χ4n) is 2.30. The van der Waals surface area contributed by atoms with Crippen molar-refractivity contribution in [3.05, 3.63) is 18.2 Å². The number of rotatable bonds is 6. The molecule has 7 heteroatoms. The maximum absolute atomic E-state index is 11.3. The molecule has 1 unspecified atom stereocenters. The highest BCUT2D eigenvalue weighted by molar-refractivity contribution is 5.92. The van der Waals surface area contributed by atoms with Gasteiger partial charge in [0.1, 0.15) is 5.69 Å². The van der Waals surface area contributed by atoms with E-state index >= 15 is 0 Å². The highest BCUT2D eigenvalue weighted by atomic mass is 16.4. The Morgan fingerprint density at radius 3 is 2.80 bits per heavy atom. The van der Waals surface area contributed by atoms with E-state index < -0.39 is 5.97 Å². The summed E-state index contributed by atoms with van der Waals surface area (Å²) in [7, 11) is 1.82. The van der Waals surface area contributed by atoms with Crippen molar-refractivity contribution in [2.45, 2.75) is 33.2 Å². The Bertz CT molecular complexity index is 602. The Morgan fingerprint density at radius 1 is 1.50 bits per heavy atom. The van der Waals surface area contributed by atoms with E-state index in [1.807, 2.05) is 7.05 Å². The number of aryl methyl sites for hydroxylation is 1. The van der Waals surface area contributed by atoms with E-state index in [0.717, 1.165) is 12.8 Å². The Hall–Kier alpha value is -2.18. The average Bonchev–Trinajstić information content (AvgIpc) is 2.95. The molecular weight excluding hydrogens is 258 g/mol. The van der Waals surface area contributed by atoms with Gasteiger partial charge in [-0.15, -0.1) is 5.10 Å². The predicted molar refractivity (Wildman–Crippen MR) is 73.3 cm³/mol. The van der Waals surface area contributed by atoms with Crippen LogP contribution in [0.2, 0.25) is 0 Å². The first-order valence-electron chi connectivity index (χ1n) is 6.68. The average molecular weight is 277 g/mol. The summed E-state index contributed by atoms with van der Waals surface area (Å²) in [4.78, 5) is 15.3. The van der Waals surface area contributed by atoms with Crippen LogP contribution in [0.4, 0.5) is 0 Å². The van der Waals surface area contributed by atoms with Crippen LogP contribution in [0.25, 0.3) is 11.4 Å². The van der Waals surface area contributed by atoms with E-state index in [0.29, 0.717) is 23.9 Å².